The summed E-state index contributed by atoms with van der Waals surface area (Å²) in [5.74, 6) is 0.574. The molecule has 2 heterocycles. The van der Waals surface area contributed by atoms with E-state index in [9.17, 15) is 9.50 Å². The number of aromatic nitrogens is 2. The zero-order valence-corrected chi connectivity index (χ0v) is 21.4. The van der Waals surface area contributed by atoms with Crippen molar-refractivity contribution in [3.63, 3.8) is 0 Å². The molecule has 0 fully saturated rings. The molecule has 0 bridgehead atoms. The molecule has 7 heteroatoms. The van der Waals surface area contributed by atoms with E-state index >= 15 is 0 Å². The Kier molecular flexibility index (Phi) is 8.91. The second-order valence-corrected chi connectivity index (χ2v) is 9.39. The van der Waals surface area contributed by atoms with E-state index in [0.717, 1.165) is 61.7 Å². The number of benzene rings is 2. The van der Waals surface area contributed by atoms with E-state index in [1.165, 1.54) is 23.4 Å². The van der Waals surface area contributed by atoms with Crippen molar-refractivity contribution in [1.82, 2.24) is 19.6 Å². The lowest BCUT2D eigenvalue weighted by atomic mass is 10.0. The highest BCUT2D eigenvalue weighted by Gasteiger charge is 2.27. The monoisotopic (exact) mass is 492 g/mol. The van der Waals surface area contributed by atoms with Crippen molar-refractivity contribution in [3.05, 3.63) is 89.5 Å². The van der Waals surface area contributed by atoms with Gasteiger partial charge in [0, 0.05) is 44.7 Å². The van der Waals surface area contributed by atoms with Gasteiger partial charge in [-0.15, -0.1) is 6.58 Å². The van der Waals surface area contributed by atoms with Crippen molar-refractivity contribution in [2.45, 2.75) is 51.9 Å². The Hall–Kier alpha value is -3.00. The zero-order chi connectivity index (χ0) is 25.5. The number of rotatable bonds is 12. The fraction of sp³-hybridized carbons (Fsp3) is 0.414. The summed E-state index contributed by atoms with van der Waals surface area (Å²) in [6.07, 6.45) is 3.81. The average molecular weight is 493 g/mol. The Morgan fingerprint density at radius 1 is 1.22 bits per heavy atom. The number of halogens is 1. The molecule has 1 aromatic heterocycles. The standard InChI is InChI=1S/C29H37FN4O2/c1-4-6-9-24(35)19-32(5-2)21-26-25-20-33(18-22-12-14-23(30)15-13-22)17-16-27(25)34(31-26)28-10-7-8-11-29(28)36-3/h4,7-8,10-15,24,35H,1,5-6,9,16-21H2,2-3H3. The van der Waals surface area contributed by atoms with Gasteiger partial charge < -0.3 is 9.84 Å². The first-order valence-corrected chi connectivity index (χ1v) is 12.7. The smallest absolute Gasteiger partial charge is 0.144 e. The number of methoxy groups -OCH3 is 1. The van der Waals surface area contributed by atoms with Crippen molar-refractivity contribution in [2.75, 3.05) is 26.7 Å². The van der Waals surface area contributed by atoms with Crippen LogP contribution in [0, 0.1) is 5.82 Å². The van der Waals surface area contributed by atoms with Gasteiger partial charge in [0.05, 0.1) is 24.6 Å². The summed E-state index contributed by atoms with van der Waals surface area (Å²) in [4.78, 5) is 4.64. The maximum Gasteiger partial charge on any atom is 0.144 e. The molecule has 3 aromatic rings. The van der Waals surface area contributed by atoms with Gasteiger partial charge in [-0.2, -0.15) is 5.10 Å². The average Bonchev–Trinajstić information content (AvgIpc) is 3.25. The quantitative estimate of drug-likeness (QED) is 0.371. The molecule has 0 aliphatic carbocycles. The van der Waals surface area contributed by atoms with Crippen LogP contribution in [0.15, 0.2) is 61.2 Å². The minimum absolute atomic E-state index is 0.213. The number of hydrogen-bond acceptors (Lipinski definition) is 5. The molecule has 0 spiro atoms. The molecular weight excluding hydrogens is 455 g/mol. The highest BCUT2D eigenvalue weighted by Crippen LogP contribution is 2.30. The summed E-state index contributed by atoms with van der Waals surface area (Å²) in [6.45, 7) is 10.4. The van der Waals surface area contributed by atoms with Gasteiger partial charge in [-0.05, 0) is 49.2 Å². The van der Waals surface area contributed by atoms with Gasteiger partial charge in [-0.25, -0.2) is 9.07 Å². The van der Waals surface area contributed by atoms with Crippen LogP contribution in [0.1, 0.15) is 42.3 Å². The minimum Gasteiger partial charge on any atom is -0.494 e. The second kappa shape index (κ2) is 12.3. The molecule has 0 amide bonds. The molecule has 192 valence electrons. The van der Waals surface area contributed by atoms with Crippen molar-refractivity contribution in [3.8, 4) is 11.4 Å². The van der Waals surface area contributed by atoms with E-state index in [2.05, 4.69) is 23.3 Å². The summed E-state index contributed by atoms with van der Waals surface area (Å²) in [6, 6.07) is 14.7. The molecule has 2 aromatic carbocycles. The summed E-state index contributed by atoms with van der Waals surface area (Å²) in [5.41, 5.74) is 5.49. The van der Waals surface area contributed by atoms with Crippen molar-refractivity contribution in [2.24, 2.45) is 0 Å². The Bertz CT molecular complexity index is 1140. The molecule has 4 rings (SSSR count). The first kappa shape index (κ1) is 26.1. The minimum atomic E-state index is -0.398. The Morgan fingerprint density at radius 2 is 2.00 bits per heavy atom. The summed E-state index contributed by atoms with van der Waals surface area (Å²) >= 11 is 0. The maximum atomic E-state index is 13.4. The number of likely N-dealkylation sites (N-methyl/N-ethyl adjacent to an activating group) is 1. The van der Waals surface area contributed by atoms with Gasteiger partial charge in [0.2, 0.25) is 0 Å². The SMILES string of the molecule is C=CCCC(O)CN(CC)Cc1nn(-c2ccccc2OC)c2c1CN(Cc1ccc(F)cc1)CC2. The third kappa shape index (κ3) is 6.22. The van der Waals surface area contributed by atoms with E-state index in [4.69, 9.17) is 9.84 Å². The first-order chi connectivity index (χ1) is 17.5. The molecule has 6 nitrogen and oxygen atoms in total. The molecule has 0 radical (unpaired) electrons. The van der Waals surface area contributed by atoms with E-state index in [1.54, 1.807) is 7.11 Å². The number of nitrogens with zero attached hydrogens (tertiary/aromatic N) is 4. The lowest BCUT2D eigenvalue weighted by Crippen LogP contribution is -2.34. The zero-order valence-electron chi connectivity index (χ0n) is 21.4. The summed E-state index contributed by atoms with van der Waals surface area (Å²) in [5, 5.41) is 15.6. The molecule has 0 saturated heterocycles. The van der Waals surface area contributed by atoms with Crippen molar-refractivity contribution >= 4 is 0 Å². The fourth-order valence-electron chi connectivity index (χ4n) is 4.87. The Morgan fingerprint density at radius 3 is 2.72 bits per heavy atom. The van der Waals surface area contributed by atoms with Crippen molar-refractivity contribution in [1.29, 1.82) is 0 Å². The third-order valence-electron chi connectivity index (χ3n) is 6.85. The largest absolute Gasteiger partial charge is 0.494 e. The van der Waals surface area contributed by atoms with Gasteiger partial charge >= 0.3 is 0 Å². The van der Waals surface area contributed by atoms with Crippen LogP contribution in [0.3, 0.4) is 0 Å². The van der Waals surface area contributed by atoms with Gasteiger partial charge in [0.15, 0.2) is 0 Å². The predicted octanol–water partition coefficient (Wildman–Crippen LogP) is 4.73. The first-order valence-electron chi connectivity index (χ1n) is 12.7. The number of aliphatic hydroxyl groups excluding tert-OH is 1. The summed E-state index contributed by atoms with van der Waals surface area (Å²) < 4.78 is 21.1. The van der Waals surface area contributed by atoms with Gasteiger partial charge in [0.25, 0.3) is 0 Å². The highest BCUT2D eigenvalue weighted by atomic mass is 19.1. The van der Waals surface area contributed by atoms with Gasteiger partial charge in [0.1, 0.15) is 17.3 Å². The molecule has 1 aliphatic heterocycles. The molecule has 1 aliphatic rings. The molecule has 36 heavy (non-hydrogen) atoms. The number of fused-ring (bicyclic) bond motifs is 1. The lowest BCUT2D eigenvalue weighted by molar-refractivity contribution is 0.104. The van der Waals surface area contributed by atoms with E-state index < -0.39 is 6.10 Å². The number of para-hydroxylation sites is 2. The number of hydrogen-bond donors (Lipinski definition) is 1. The van der Waals surface area contributed by atoms with Crippen LogP contribution in [-0.2, 0) is 26.1 Å². The van der Waals surface area contributed by atoms with E-state index in [1.807, 2.05) is 47.2 Å². The third-order valence-corrected chi connectivity index (χ3v) is 6.85. The molecule has 1 unspecified atom stereocenters. The van der Waals surface area contributed by atoms with E-state index in [-0.39, 0.29) is 5.82 Å². The van der Waals surface area contributed by atoms with Crippen LogP contribution in [-0.4, -0.2) is 57.5 Å². The van der Waals surface area contributed by atoms with Crippen LogP contribution in [0.5, 0.6) is 5.75 Å². The predicted molar refractivity (Wildman–Crippen MR) is 141 cm³/mol. The fourth-order valence-corrected chi connectivity index (χ4v) is 4.87. The van der Waals surface area contributed by atoms with E-state index in [0.29, 0.717) is 19.5 Å². The molecule has 1 atom stereocenters. The van der Waals surface area contributed by atoms with Gasteiger partial charge in [-0.3, -0.25) is 9.80 Å². The lowest BCUT2D eigenvalue weighted by Gasteiger charge is -2.29. The van der Waals surface area contributed by atoms with Crippen LogP contribution in [0.25, 0.3) is 5.69 Å². The Balaban J connectivity index is 1.63. The Labute approximate surface area is 213 Å². The van der Waals surface area contributed by atoms with Crippen LogP contribution >= 0.6 is 0 Å². The van der Waals surface area contributed by atoms with Gasteiger partial charge in [-0.1, -0.05) is 37.3 Å². The highest BCUT2D eigenvalue weighted by molar-refractivity contribution is 5.49. The normalized spacial score (nSPS) is 14.6. The number of aliphatic hydroxyl groups is 1. The maximum absolute atomic E-state index is 13.4. The number of allylic oxidation sites excluding steroid dienone is 1. The molecular formula is C29H37FN4O2. The molecule has 0 saturated carbocycles. The topological polar surface area (TPSA) is 53.8 Å². The van der Waals surface area contributed by atoms with Crippen LogP contribution in [0.4, 0.5) is 4.39 Å². The molecule has 1 N–H and O–H groups in total. The second-order valence-electron chi connectivity index (χ2n) is 9.39. The summed E-state index contributed by atoms with van der Waals surface area (Å²) in [7, 11) is 1.68. The van der Waals surface area contributed by atoms with Crippen LogP contribution < -0.4 is 4.74 Å². The number of ether oxygens (including phenoxy) is 1. The van der Waals surface area contributed by atoms with Crippen molar-refractivity contribution < 1.29 is 14.2 Å². The van der Waals surface area contributed by atoms with Crippen LogP contribution in [0.2, 0.25) is 0 Å².